The molecule has 1 aliphatic heterocycles. The third kappa shape index (κ3) is 24.7. The van der Waals surface area contributed by atoms with Gasteiger partial charge >= 0.3 is 20.2 Å². The molecule has 0 bridgehead atoms. The molecule has 107 heavy (non-hydrogen) atoms. The second-order valence-electron chi connectivity index (χ2n) is 26.2. The second-order valence-corrected chi connectivity index (χ2v) is 29.1. The van der Waals surface area contributed by atoms with E-state index < -0.39 is 13.1 Å². The van der Waals surface area contributed by atoms with Crippen molar-refractivity contribution in [3.05, 3.63) is 343 Å². The Balaban J connectivity index is 0.000000164. The van der Waals surface area contributed by atoms with E-state index in [1.165, 1.54) is 82.8 Å². The van der Waals surface area contributed by atoms with Crippen LogP contribution in [0.3, 0.4) is 0 Å². The van der Waals surface area contributed by atoms with Crippen molar-refractivity contribution in [2.45, 2.75) is 86.9 Å². The maximum Gasteiger partial charge on any atom is 0.494 e. The molecular formula is C87H85B2Br2IN8O7. The number of nitrogens with zero attached hydrogens (tertiary/aromatic N) is 6. The molecule has 15 nitrogen and oxygen atoms in total. The first-order valence-corrected chi connectivity index (χ1v) is 36.9. The standard InChI is InChI=1S/C26H22N2O.C18H16N2.C12H18BNO2.C12H10BrN.C7H6BrI.C7H7NO2.C5H6BNO2/c1-18-5-8-22(23-4-3-12-27-17-23)15-25(18)21-9-6-20(7-10-21)14-26(29)24-11-13-28-16-19(24)2;1-13-4-5-15(16-3-2-10-20-12-16)11-18(13)14-6-8-17(19)9-7-14;1-11(2)12(3,4)16-13(15-11)9-5-7-10(14)8-6-9;1-9-4-5-10(7-12(9)13)11-3-2-6-14-8-11;1-5-2-3-6(9)4-7(5)8;1-5-4-8-3-2-6(5)7(9)10;8-6(9)5-2-1-3-7-4-5/h3-13,15-17H,14H2,1-2H3;2-12H,19H2,1H3;5-8H,14H2,1-4H3;2-8H,1H3;2-4H,1H3;2-4H,1H3,(H,9,10);1-4,8-9H. The number of pyridine rings is 6. The van der Waals surface area contributed by atoms with Gasteiger partial charge in [-0.1, -0.05) is 147 Å². The number of nitrogens with two attached hydrogens (primary N) is 2. The Morgan fingerprint density at radius 2 is 0.813 bits per heavy atom. The number of hydrogen-bond donors (Lipinski definition) is 5. The SMILES string of the molecule is CC1(C)OB(c2ccc(N)cc2)OC1(C)C.Cc1ccc(-c2cccnc2)cc1-c1ccc(N)cc1.Cc1ccc(-c2cccnc2)cc1Br.Cc1ccc(I)cc1Br.Cc1cnccc1C(=O)Cc1ccc(-c2cc(-c3cccnc3)ccc2C)cc1.Cc1cnccc1C(=O)O.OB(O)c1cccnc1. The number of carboxylic acid groups (broad SMARTS) is 1. The van der Waals surface area contributed by atoms with Gasteiger partial charge in [0.25, 0.3) is 0 Å². The van der Waals surface area contributed by atoms with Crippen LogP contribution in [0.2, 0.25) is 0 Å². The largest absolute Gasteiger partial charge is 0.494 e. The van der Waals surface area contributed by atoms with Crippen molar-refractivity contribution in [1.82, 2.24) is 29.9 Å². The Kier molecular flexibility index (Phi) is 30.8. The highest BCUT2D eigenvalue weighted by molar-refractivity contribution is 14.1. The summed E-state index contributed by atoms with van der Waals surface area (Å²) in [5.41, 5.74) is 34.1. The van der Waals surface area contributed by atoms with E-state index in [1.54, 1.807) is 62.3 Å². The first-order valence-electron chi connectivity index (χ1n) is 34.3. The minimum Gasteiger partial charge on any atom is -0.478 e. The average Bonchev–Trinajstić information content (AvgIpc) is 1.66. The number of aryl methyl sites for hydroxylation is 6. The number of aromatic nitrogens is 6. The summed E-state index contributed by atoms with van der Waals surface area (Å²) in [4.78, 5) is 47.0. The van der Waals surface area contributed by atoms with Crippen LogP contribution in [0.15, 0.2) is 290 Å². The number of carbonyl (C=O) groups excluding carboxylic acids is 1. The zero-order valence-electron chi connectivity index (χ0n) is 61.4. The second kappa shape index (κ2) is 40.0. The minimum atomic E-state index is -1.40. The summed E-state index contributed by atoms with van der Waals surface area (Å²) in [5.74, 6) is -0.785. The first kappa shape index (κ1) is 82.5. The van der Waals surface area contributed by atoms with Crippen LogP contribution in [0.4, 0.5) is 11.4 Å². The van der Waals surface area contributed by atoms with E-state index in [1.807, 2.05) is 120 Å². The van der Waals surface area contributed by atoms with Crippen molar-refractivity contribution in [3.8, 4) is 55.6 Å². The maximum atomic E-state index is 12.6. The molecule has 7 aromatic carbocycles. The summed E-state index contributed by atoms with van der Waals surface area (Å²) in [6.07, 6.45) is 20.8. The van der Waals surface area contributed by atoms with Gasteiger partial charge < -0.3 is 35.9 Å². The van der Waals surface area contributed by atoms with Gasteiger partial charge in [-0.15, -0.1) is 0 Å². The molecule has 13 aromatic rings. The van der Waals surface area contributed by atoms with Crippen LogP contribution in [-0.2, 0) is 15.7 Å². The van der Waals surface area contributed by atoms with Crippen LogP contribution in [0.1, 0.15) is 87.4 Å². The molecule has 0 atom stereocenters. The number of carboxylic acids is 1. The molecule has 0 spiro atoms. The number of nitrogen functional groups attached to an aromatic ring is 2. The van der Waals surface area contributed by atoms with Crippen molar-refractivity contribution in [1.29, 1.82) is 0 Å². The number of ketones is 1. The topological polar surface area (TPSA) is 243 Å². The van der Waals surface area contributed by atoms with Crippen LogP contribution in [-0.4, -0.2) is 82.2 Å². The van der Waals surface area contributed by atoms with Crippen LogP contribution in [0, 0.1) is 45.1 Å². The Hall–Kier alpha value is -10.2. The summed E-state index contributed by atoms with van der Waals surface area (Å²) >= 11 is 9.26. The molecule has 7 heterocycles. The Bertz CT molecular complexity index is 5000. The van der Waals surface area contributed by atoms with Gasteiger partial charge in [0.2, 0.25) is 0 Å². The molecular weight excluding hydrogens is 1580 g/mol. The summed E-state index contributed by atoms with van der Waals surface area (Å²) in [5, 5.41) is 25.6. The van der Waals surface area contributed by atoms with Gasteiger partial charge in [-0.3, -0.25) is 34.7 Å². The van der Waals surface area contributed by atoms with Gasteiger partial charge in [0, 0.05) is 132 Å². The predicted molar refractivity (Wildman–Crippen MR) is 451 cm³/mol. The van der Waals surface area contributed by atoms with Gasteiger partial charge in [0.05, 0.1) is 16.8 Å². The lowest BCUT2D eigenvalue weighted by atomic mass is 9.79. The maximum absolute atomic E-state index is 12.6. The molecule has 1 fully saturated rings. The summed E-state index contributed by atoms with van der Waals surface area (Å²) in [6, 6.07) is 68.0. The minimum absolute atomic E-state index is 0.118. The lowest BCUT2D eigenvalue weighted by Gasteiger charge is -2.32. The lowest BCUT2D eigenvalue weighted by Crippen LogP contribution is -2.41. The number of hydrogen-bond acceptors (Lipinski definition) is 14. The molecule has 0 amide bonds. The van der Waals surface area contributed by atoms with E-state index in [-0.39, 0.29) is 24.1 Å². The Morgan fingerprint density at radius 3 is 1.19 bits per heavy atom. The molecule has 542 valence electrons. The fraction of sp³-hybridized carbons (Fsp3) is 0.149. The number of aromatic carboxylic acids is 1. The zero-order valence-corrected chi connectivity index (χ0v) is 66.7. The van der Waals surface area contributed by atoms with E-state index in [0.29, 0.717) is 23.0 Å². The van der Waals surface area contributed by atoms with Crippen LogP contribution >= 0.6 is 54.5 Å². The molecule has 20 heteroatoms. The summed E-state index contributed by atoms with van der Waals surface area (Å²) in [7, 11) is -1.70. The number of benzene rings is 7. The quantitative estimate of drug-likeness (QED) is 0.0350. The van der Waals surface area contributed by atoms with Gasteiger partial charge in [-0.05, 0) is 266 Å². The van der Waals surface area contributed by atoms with E-state index in [2.05, 4.69) is 227 Å². The van der Waals surface area contributed by atoms with Crippen molar-refractivity contribution >= 4 is 103 Å². The third-order valence-corrected chi connectivity index (χ3v) is 20.0. The normalized spacial score (nSPS) is 12.0. The number of anilines is 2. The molecule has 6 aromatic heterocycles. The van der Waals surface area contributed by atoms with Crippen LogP contribution in [0.5, 0.6) is 0 Å². The number of Topliss-reactive ketones (excluding diaryl/α,β-unsaturated/α-hetero) is 1. The predicted octanol–water partition coefficient (Wildman–Crippen LogP) is 18.8. The van der Waals surface area contributed by atoms with Crippen molar-refractivity contribution in [2.75, 3.05) is 11.5 Å². The van der Waals surface area contributed by atoms with E-state index in [4.69, 9.17) is 35.9 Å². The highest BCUT2D eigenvalue weighted by Crippen LogP contribution is 2.37. The summed E-state index contributed by atoms with van der Waals surface area (Å²) < 4.78 is 15.4. The summed E-state index contributed by atoms with van der Waals surface area (Å²) in [6.45, 7) is 20.2. The van der Waals surface area contributed by atoms with E-state index in [0.717, 1.165) is 65.8 Å². The molecule has 14 rings (SSSR count). The fourth-order valence-corrected chi connectivity index (χ4v) is 12.2. The van der Waals surface area contributed by atoms with Crippen LogP contribution < -0.4 is 22.4 Å². The van der Waals surface area contributed by atoms with Gasteiger partial charge in [0.1, 0.15) is 0 Å². The smallest absolute Gasteiger partial charge is 0.478 e. The monoisotopic (exact) mass is 1660 g/mol. The molecule has 0 saturated carbocycles. The highest BCUT2D eigenvalue weighted by atomic mass is 127. The van der Waals surface area contributed by atoms with Crippen LogP contribution in [0.25, 0.3) is 55.6 Å². The Labute approximate surface area is 658 Å². The third-order valence-electron chi connectivity index (χ3n) is 17.6. The number of carbonyl (C=O) groups is 2. The highest BCUT2D eigenvalue weighted by Gasteiger charge is 2.51. The average molecular weight is 1660 g/mol. The van der Waals surface area contributed by atoms with Crippen molar-refractivity contribution in [3.63, 3.8) is 0 Å². The van der Waals surface area contributed by atoms with Gasteiger partial charge in [-0.25, -0.2) is 4.79 Å². The van der Waals surface area contributed by atoms with Crippen molar-refractivity contribution in [2.24, 2.45) is 0 Å². The van der Waals surface area contributed by atoms with E-state index >= 15 is 0 Å². The van der Waals surface area contributed by atoms with Gasteiger partial charge in [-0.2, -0.15) is 0 Å². The zero-order chi connectivity index (χ0) is 77.2. The molecule has 7 N–H and O–H groups in total. The molecule has 0 aliphatic carbocycles. The Morgan fingerprint density at radius 1 is 0.430 bits per heavy atom. The molecule has 1 aliphatic rings. The molecule has 1 saturated heterocycles. The van der Waals surface area contributed by atoms with Crippen molar-refractivity contribution < 1.29 is 34.1 Å². The van der Waals surface area contributed by atoms with Gasteiger partial charge in [0.15, 0.2) is 5.78 Å². The fourth-order valence-electron chi connectivity index (χ4n) is 10.6. The number of rotatable bonds is 11. The molecule has 0 unspecified atom stereocenters. The first-order chi connectivity index (χ1) is 51.2. The molecule has 0 radical (unpaired) electrons. The number of halogens is 3. The lowest BCUT2D eigenvalue weighted by molar-refractivity contribution is 0.00578. The van der Waals surface area contributed by atoms with E-state index in [9.17, 15) is 9.59 Å².